The van der Waals surface area contributed by atoms with Crippen molar-refractivity contribution in [3.05, 3.63) is 72.4 Å². The molecule has 0 saturated carbocycles. The predicted molar refractivity (Wildman–Crippen MR) is 120 cm³/mol. The van der Waals surface area contributed by atoms with Gasteiger partial charge >= 0.3 is 6.01 Å². The molecule has 8 heteroatoms. The molecule has 0 saturated heterocycles. The molecule has 1 atom stereocenters. The van der Waals surface area contributed by atoms with Crippen LogP contribution >= 0.6 is 0 Å². The highest BCUT2D eigenvalue weighted by molar-refractivity contribution is 5.95. The Hall–Kier alpha value is -4.07. The lowest BCUT2D eigenvalue weighted by Gasteiger charge is -2.15. The van der Waals surface area contributed by atoms with Gasteiger partial charge in [0, 0.05) is 53.2 Å². The SMILES string of the molecule is COc1ncc(-c2cn([C@@H](C)c3ccccn3)c3cc(-c4c(C)noc4C)cnc23)cn1. The highest BCUT2D eigenvalue weighted by atomic mass is 16.5. The van der Waals surface area contributed by atoms with Gasteiger partial charge in [0.1, 0.15) is 5.76 Å². The van der Waals surface area contributed by atoms with E-state index >= 15 is 0 Å². The van der Waals surface area contributed by atoms with Crippen LogP contribution in [0, 0.1) is 13.8 Å². The van der Waals surface area contributed by atoms with E-state index in [9.17, 15) is 0 Å². The summed E-state index contributed by atoms with van der Waals surface area (Å²) in [7, 11) is 1.55. The van der Waals surface area contributed by atoms with Gasteiger partial charge in [-0.3, -0.25) is 9.97 Å². The number of pyridine rings is 2. The molecule has 0 spiro atoms. The van der Waals surface area contributed by atoms with E-state index in [0.29, 0.717) is 6.01 Å². The molecule has 0 radical (unpaired) electrons. The number of ether oxygens (including phenoxy) is 1. The molecule has 0 aromatic carbocycles. The van der Waals surface area contributed by atoms with Crippen molar-refractivity contribution in [2.75, 3.05) is 7.11 Å². The molecule has 0 fully saturated rings. The zero-order chi connectivity index (χ0) is 22.2. The minimum atomic E-state index is -0.00617. The van der Waals surface area contributed by atoms with E-state index in [1.165, 1.54) is 0 Å². The van der Waals surface area contributed by atoms with Crippen LogP contribution in [0.15, 0.2) is 59.8 Å². The average molecular weight is 426 g/mol. The van der Waals surface area contributed by atoms with Crippen molar-refractivity contribution in [1.29, 1.82) is 0 Å². The number of fused-ring (bicyclic) bond motifs is 1. The molecule has 0 bridgehead atoms. The van der Waals surface area contributed by atoms with Gasteiger partial charge in [-0.1, -0.05) is 11.2 Å². The molecule has 32 heavy (non-hydrogen) atoms. The number of aromatic nitrogens is 6. The first-order valence-electron chi connectivity index (χ1n) is 10.3. The average Bonchev–Trinajstić information content (AvgIpc) is 3.38. The Balaban J connectivity index is 1.73. The van der Waals surface area contributed by atoms with Crippen molar-refractivity contribution in [1.82, 2.24) is 29.7 Å². The van der Waals surface area contributed by atoms with Gasteiger partial charge in [0.05, 0.1) is 35.6 Å². The van der Waals surface area contributed by atoms with E-state index in [2.05, 4.69) is 43.9 Å². The molecule has 0 unspecified atom stereocenters. The highest BCUT2D eigenvalue weighted by Crippen LogP contribution is 2.36. The molecule has 0 aliphatic rings. The third-order valence-electron chi connectivity index (χ3n) is 5.65. The number of hydrogen-bond acceptors (Lipinski definition) is 7. The molecule has 5 rings (SSSR count). The number of hydrogen-bond donors (Lipinski definition) is 0. The van der Waals surface area contributed by atoms with Crippen LogP contribution in [0.2, 0.25) is 0 Å². The Morgan fingerprint density at radius 3 is 2.44 bits per heavy atom. The minimum Gasteiger partial charge on any atom is -0.467 e. The van der Waals surface area contributed by atoms with Gasteiger partial charge in [-0.2, -0.15) is 0 Å². The van der Waals surface area contributed by atoms with E-state index in [0.717, 1.165) is 50.4 Å². The van der Waals surface area contributed by atoms with Crippen LogP contribution < -0.4 is 4.74 Å². The summed E-state index contributed by atoms with van der Waals surface area (Å²) in [6.45, 7) is 5.97. The molecule has 5 aromatic rings. The summed E-state index contributed by atoms with van der Waals surface area (Å²) in [5, 5.41) is 4.10. The maximum Gasteiger partial charge on any atom is 0.316 e. The van der Waals surface area contributed by atoms with Crippen LogP contribution in [-0.2, 0) is 0 Å². The van der Waals surface area contributed by atoms with Crippen molar-refractivity contribution in [3.8, 4) is 28.3 Å². The second kappa shape index (κ2) is 7.88. The predicted octanol–water partition coefficient (Wildman–Crippen LogP) is 4.78. The molecular weight excluding hydrogens is 404 g/mol. The summed E-state index contributed by atoms with van der Waals surface area (Å²) in [4.78, 5) is 17.9. The van der Waals surface area contributed by atoms with Gasteiger partial charge < -0.3 is 13.8 Å². The fraction of sp³-hybridized carbons (Fsp3) is 0.208. The van der Waals surface area contributed by atoms with Crippen molar-refractivity contribution < 1.29 is 9.26 Å². The van der Waals surface area contributed by atoms with Gasteiger partial charge in [-0.15, -0.1) is 0 Å². The van der Waals surface area contributed by atoms with E-state index in [1.54, 1.807) is 19.5 Å². The molecule has 0 amide bonds. The Bertz CT molecular complexity index is 1370. The Labute approximate surface area is 184 Å². The first-order chi connectivity index (χ1) is 15.6. The standard InChI is InChI=1S/C24H22N6O2/c1-14-22(16(3)32-29-14)17-9-21-23(26-10-17)19(18-11-27-24(31-4)28-12-18)13-30(21)15(2)20-7-5-6-8-25-20/h5-13,15H,1-4H3/t15-/m0/s1. The Morgan fingerprint density at radius 1 is 1.00 bits per heavy atom. The fourth-order valence-electron chi connectivity index (χ4n) is 4.02. The maximum atomic E-state index is 5.38. The molecule has 5 aromatic heterocycles. The van der Waals surface area contributed by atoms with Crippen molar-refractivity contribution in [2.24, 2.45) is 0 Å². The number of aryl methyl sites for hydroxylation is 2. The van der Waals surface area contributed by atoms with E-state index < -0.39 is 0 Å². The van der Waals surface area contributed by atoms with E-state index in [1.807, 2.05) is 44.4 Å². The van der Waals surface area contributed by atoms with E-state index in [4.69, 9.17) is 14.2 Å². The summed E-state index contributed by atoms with van der Waals surface area (Å²) in [5.41, 5.74) is 7.36. The summed E-state index contributed by atoms with van der Waals surface area (Å²) in [5.74, 6) is 0.767. The van der Waals surface area contributed by atoms with Crippen LogP contribution in [0.25, 0.3) is 33.3 Å². The lowest BCUT2D eigenvalue weighted by atomic mass is 10.0. The maximum absolute atomic E-state index is 5.38. The first-order valence-corrected chi connectivity index (χ1v) is 10.3. The van der Waals surface area contributed by atoms with Gasteiger partial charge in [-0.25, -0.2) is 9.97 Å². The van der Waals surface area contributed by atoms with Crippen LogP contribution in [0.5, 0.6) is 6.01 Å². The van der Waals surface area contributed by atoms with Crippen molar-refractivity contribution in [3.63, 3.8) is 0 Å². The zero-order valence-corrected chi connectivity index (χ0v) is 18.3. The van der Waals surface area contributed by atoms with Gasteiger partial charge in [0.2, 0.25) is 0 Å². The smallest absolute Gasteiger partial charge is 0.316 e. The third-order valence-corrected chi connectivity index (χ3v) is 5.65. The molecule has 0 aliphatic carbocycles. The largest absolute Gasteiger partial charge is 0.467 e. The minimum absolute atomic E-state index is 0.00617. The third kappa shape index (κ3) is 3.30. The molecule has 160 valence electrons. The Morgan fingerprint density at radius 2 is 1.78 bits per heavy atom. The summed E-state index contributed by atoms with van der Waals surface area (Å²) in [6.07, 6.45) is 9.25. The summed E-state index contributed by atoms with van der Waals surface area (Å²) >= 11 is 0. The highest BCUT2D eigenvalue weighted by Gasteiger charge is 2.20. The zero-order valence-electron chi connectivity index (χ0n) is 18.3. The quantitative estimate of drug-likeness (QED) is 0.399. The van der Waals surface area contributed by atoms with Crippen molar-refractivity contribution >= 4 is 11.0 Å². The van der Waals surface area contributed by atoms with Gasteiger partial charge in [0.15, 0.2) is 0 Å². The second-order valence-corrected chi connectivity index (χ2v) is 7.63. The fourth-order valence-corrected chi connectivity index (χ4v) is 4.02. The normalized spacial score (nSPS) is 12.2. The van der Waals surface area contributed by atoms with Gasteiger partial charge in [-0.05, 0) is 39.0 Å². The number of nitrogens with zero attached hydrogens (tertiary/aromatic N) is 6. The molecular formula is C24H22N6O2. The summed E-state index contributed by atoms with van der Waals surface area (Å²) < 4.78 is 12.7. The molecule has 5 heterocycles. The monoisotopic (exact) mass is 426 g/mol. The topological polar surface area (TPSA) is 91.8 Å². The van der Waals surface area contributed by atoms with Crippen LogP contribution in [0.3, 0.4) is 0 Å². The van der Waals surface area contributed by atoms with Gasteiger partial charge in [0.25, 0.3) is 0 Å². The number of methoxy groups -OCH3 is 1. The lowest BCUT2D eigenvalue weighted by molar-refractivity contribution is 0.380. The van der Waals surface area contributed by atoms with Crippen LogP contribution in [0.1, 0.15) is 30.1 Å². The van der Waals surface area contributed by atoms with E-state index in [-0.39, 0.29) is 6.04 Å². The molecule has 8 nitrogen and oxygen atoms in total. The van der Waals surface area contributed by atoms with Crippen molar-refractivity contribution in [2.45, 2.75) is 26.8 Å². The first kappa shape index (κ1) is 19.9. The van der Waals surface area contributed by atoms with Crippen LogP contribution in [0.4, 0.5) is 0 Å². The second-order valence-electron chi connectivity index (χ2n) is 7.63. The van der Waals surface area contributed by atoms with Crippen LogP contribution in [-0.4, -0.2) is 36.8 Å². The number of rotatable bonds is 5. The Kier molecular flexibility index (Phi) is 4.89. The summed E-state index contributed by atoms with van der Waals surface area (Å²) in [6, 6.07) is 8.39. The lowest BCUT2D eigenvalue weighted by Crippen LogP contribution is -2.07. The molecule has 0 aliphatic heterocycles. The molecule has 0 N–H and O–H groups in total.